The number of piperidine rings is 1. The van der Waals surface area contributed by atoms with Crippen LogP contribution in [0.1, 0.15) is 31.7 Å². The second-order valence-electron chi connectivity index (χ2n) is 5.20. The van der Waals surface area contributed by atoms with Crippen LogP contribution in [0.5, 0.6) is 0 Å². The first-order valence-corrected chi connectivity index (χ1v) is 6.68. The molecule has 7 heteroatoms. The number of hydrogen-bond acceptors (Lipinski definition) is 2. The molecule has 2 N–H and O–H groups in total. The van der Waals surface area contributed by atoms with Gasteiger partial charge in [0.25, 0.3) is 0 Å². The molecule has 1 amide bonds. The minimum atomic E-state index is -1.45. The monoisotopic (exact) mass is 304 g/mol. The van der Waals surface area contributed by atoms with Crippen LogP contribution in [0.15, 0.2) is 6.07 Å². The maximum atomic E-state index is 13.9. The third-order valence-electron chi connectivity index (χ3n) is 4.04. The van der Waals surface area contributed by atoms with Crippen molar-refractivity contribution < 1.29 is 22.4 Å². The van der Waals surface area contributed by atoms with Crippen molar-refractivity contribution in [3.63, 3.8) is 0 Å². The van der Waals surface area contributed by atoms with Crippen LogP contribution in [0.3, 0.4) is 0 Å². The fourth-order valence-corrected chi connectivity index (χ4v) is 2.92. The molecule has 0 aliphatic carbocycles. The van der Waals surface area contributed by atoms with Gasteiger partial charge in [-0.3, -0.25) is 4.79 Å². The number of rotatable bonds is 2. The summed E-state index contributed by atoms with van der Waals surface area (Å²) in [6, 6.07) is -1.38. The van der Waals surface area contributed by atoms with Crippen LogP contribution < -0.4 is 5.73 Å². The number of benzene rings is 1. The average Bonchev–Trinajstić information content (AvgIpc) is 2.43. The Morgan fingerprint density at radius 1 is 1.24 bits per heavy atom. The summed E-state index contributed by atoms with van der Waals surface area (Å²) in [7, 11) is 0. The highest BCUT2D eigenvalue weighted by Crippen LogP contribution is 2.36. The summed E-state index contributed by atoms with van der Waals surface area (Å²) in [5, 5.41) is 0. The molecule has 0 saturated carbocycles. The standard InChI is InChI=1S/C14H16F4N2O/c1-3-20-6(2)7(4-10(19)14(20)21)11-12(17)8(15)5-9(16)13(11)18/h5-7,10H,3-4,19H2,1-2H3/t6-,7-,10+/m1/s1. The fraction of sp³-hybridized carbons (Fsp3) is 0.500. The minimum Gasteiger partial charge on any atom is -0.338 e. The number of halogens is 4. The van der Waals surface area contributed by atoms with Crippen LogP contribution in [-0.4, -0.2) is 29.4 Å². The molecule has 1 saturated heterocycles. The van der Waals surface area contributed by atoms with E-state index in [4.69, 9.17) is 5.73 Å². The highest BCUT2D eigenvalue weighted by molar-refractivity contribution is 5.83. The Labute approximate surface area is 119 Å². The summed E-state index contributed by atoms with van der Waals surface area (Å²) in [5.74, 6) is -7.00. The number of nitrogens with two attached hydrogens (primary N) is 1. The van der Waals surface area contributed by atoms with Gasteiger partial charge in [-0.2, -0.15) is 0 Å². The second kappa shape index (κ2) is 5.63. The third kappa shape index (κ3) is 2.50. The van der Waals surface area contributed by atoms with E-state index in [0.717, 1.165) is 0 Å². The average molecular weight is 304 g/mol. The second-order valence-corrected chi connectivity index (χ2v) is 5.20. The Bertz CT molecular complexity index is 552. The lowest BCUT2D eigenvalue weighted by molar-refractivity contribution is -0.138. The van der Waals surface area contributed by atoms with Crippen molar-refractivity contribution in [3.05, 3.63) is 34.9 Å². The van der Waals surface area contributed by atoms with Crippen molar-refractivity contribution in [1.29, 1.82) is 0 Å². The van der Waals surface area contributed by atoms with Crippen molar-refractivity contribution in [2.75, 3.05) is 6.54 Å². The summed E-state index contributed by atoms with van der Waals surface area (Å²) >= 11 is 0. The highest BCUT2D eigenvalue weighted by Gasteiger charge is 2.41. The van der Waals surface area contributed by atoms with Crippen LogP contribution in [0.25, 0.3) is 0 Å². The molecule has 3 nitrogen and oxygen atoms in total. The first-order valence-electron chi connectivity index (χ1n) is 6.68. The number of amides is 1. The van der Waals surface area contributed by atoms with Gasteiger partial charge in [0.2, 0.25) is 5.91 Å². The molecule has 3 atom stereocenters. The zero-order chi connectivity index (χ0) is 15.9. The van der Waals surface area contributed by atoms with Gasteiger partial charge in [0.15, 0.2) is 23.3 Å². The van der Waals surface area contributed by atoms with E-state index in [9.17, 15) is 22.4 Å². The molecular weight excluding hydrogens is 288 g/mol. The van der Waals surface area contributed by atoms with Gasteiger partial charge in [-0.05, 0) is 20.3 Å². The summed E-state index contributed by atoms with van der Waals surface area (Å²) < 4.78 is 54.6. The smallest absolute Gasteiger partial charge is 0.239 e. The molecule has 1 aromatic rings. The maximum Gasteiger partial charge on any atom is 0.239 e. The Morgan fingerprint density at radius 2 is 1.76 bits per heavy atom. The van der Waals surface area contributed by atoms with Crippen molar-refractivity contribution in [1.82, 2.24) is 4.90 Å². The molecule has 0 radical (unpaired) electrons. The predicted molar refractivity (Wildman–Crippen MR) is 68.5 cm³/mol. The molecule has 1 aliphatic rings. The highest BCUT2D eigenvalue weighted by atomic mass is 19.2. The van der Waals surface area contributed by atoms with E-state index in [1.54, 1.807) is 13.8 Å². The predicted octanol–water partition coefficient (Wildman–Crippen LogP) is 2.29. The van der Waals surface area contributed by atoms with Crippen molar-refractivity contribution in [3.8, 4) is 0 Å². The fourth-order valence-electron chi connectivity index (χ4n) is 2.92. The van der Waals surface area contributed by atoms with Gasteiger partial charge in [-0.15, -0.1) is 0 Å². The van der Waals surface area contributed by atoms with E-state index in [1.807, 2.05) is 0 Å². The number of carbonyl (C=O) groups is 1. The van der Waals surface area contributed by atoms with Gasteiger partial charge in [-0.1, -0.05) is 0 Å². The number of likely N-dealkylation sites (N-methyl/N-ethyl adjacent to an activating group) is 1. The number of hydrogen-bond donors (Lipinski definition) is 1. The van der Waals surface area contributed by atoms with Gasteiger partial charge in [0.1, 0.15) is 0 Å². The Balaban J connectivity index is 2.53. The summed E-state index contributed by atoms with van der Waals surface area (Å²) in [5.41, 5.74) is 5.01. The van der Waals surface area contributed by atoms with Gasteiger partial charge >= 0.3 is 0 Å². The first kappa shape index (κ1) is 15.8. The van der Waals surface area contributed by atoms with Gasteiger partial charge in [-0.25, -0.2) is 17.6 Å². The van der Waals surface area contributed by atoms with Crippen molar-refractivity contribution in [2.24, 2.45) is 5.73 Å². The van der Waals surface area contributed by atoms with Crippen LogP contribution in [0.4, 0.5) is 17.6 Å². The van der Waals surface area contributed by atoms with E-state index in [-0.39, 0.29) is 18.4 Å². The molecule has 1 heterocycles. The topological polar surface area (TPSA) is 46.3 Å². The maximum absolute atomic E-state index is 13.9. The molecule has 116 valence electrons. The van der Waals surface area contributed by atoms with Crippen LogP contribution in [-0.2, 0) is 4.79 Å². The molecule has 1 aliphatic heterocycles. The summed E-state index contributed by atoms with van der Waals surface area (Å²) in [6.07, 6.45) is -0.0623. The molecule has 21 heavy (non-hydrogen) atoms. The minimum absolute atomic E-state index is 0.0623. The van der Waals surface area contributed by atoms with Crippen LogP contribution in [0.2, 0.25) is 0 Å². The summed E-state index contributed by atoms with van der Waals surface area (Å²) in [4.78, 5) is 13.3. The Morgan fingerprint density at radius 3 is 2.24 bits per heavy atom. The largest absolute Gasteiger partial charge is 0.338 e. The van der Waals surface area contributed by atoms with E-state index in [1.165, 1.54) is 4.90 Å². The molecule has 0 bridgehead atoms. The zero-order valence-corrected chi connectivity index (χ0v) is 11.7. The van der Waals surface area contributed by atoms with Crippen LogP contribution >= 0.6 is 0 Å². The lowest BCUT2D eigenvalue weighted by Gasteiger charge is -2.41. The number of carbonyl (C=O) groups excluding carboxylic acids is 1. The molecular formula is C14H16F4N2O. The number of likely N-dealkylation sites (tertiary alicyclic amines) is 1. The van der Waals surface area contributed by atoms with E-state index in [0.29, 0.717) is 6.54 Å². The zero-order valence-electron chi connectivity index (χ0n) is 11.7. The normalized spacial score (nSPS) is 26.3. The molecule has 1 fully saturated rings. The third-order valence-corrected chi connectivity index (χ3v) is 4.04. The van der Waals surface area contributed by atoms with E-state index in [2.05, 4.69) is 0 Å². The number of nitrogens with zero attached hydrogens (tertiary/aromatic N) is 1. The van der Waals surface area contributed by atoms with Gasteiger partial charge in [0, 0.05) is 30.1 Å². The SMILES string of the molecule is CCN1C(=O)[C@@H](N)C[C@@H](c2c(F)c(F)cc(F)c2F)[C@H]1C. The van der Waals surface area contributed by atoms with Crippen LogP contribution in [0, 0.1) is 23.3 Å². The molecule has 0 unspecified atom stereocenters. The Kier molecular flexibility index (Phi) is 4.22. The molecule has 0 aromatic heterocycles. The molecule has 0 spiro atoms. The first-order chi connectivity index (χ1) is 9.79. The summed E-state index contributed by atoms with van der Waals surface area (Å²) in [6.45, 7) is 3.58. The van der Waals surface area contributed by atoms with E-state index >= 15 is 0 Å². The van der Waals surface area contributed by atoms with Crippen molar-refractivity contribution in [2.45, 2.75) is 38.3 Å². The van der Waals surface area contributed by atoms with Gasteiger partial charge < -0.3 is 10.6 Å². The van der Waals surface area contributed by atoms with Gasteiger partial charge in [0.05, 0.1) is 6.04 Å². The lowest BCUT2D eigenvalue weighted by Crippen LogP contribution is -2.55. The molecule has 2 rings (SSSR count). The molecule has 1 aromatic carbocycles. The van der Waals surface area contributed by atoms with Crippen molar-refractivity contribution >= 4 is 5.91 Å². The Hall–Kier alpha value is -1.63. The lowest BCUT2D eigenvalue weighted by atomic mass is 9.81. The quantitative estimate of drug-likeness (QED) is 0.673. The van der Waals surface area contributed by atoms with E-state index < -0.39 is 46.8 Å².